The third-order valence-corrected chi connectivity index (χ3v) is 2.24. The molecule has 0 fully saturated rings. The van der Waals surface area contributed by atoms with Crippen molar-refractivity contribution in [3.8, 4) is 5.69 Å². The monoisotopic (exact) mass is 221 g/mol. The van der Waals surface area contributed by atoms with Gasteiger partial charge < -0.3 is 5.73 Å². The first kappa shape index (κ1) is 9.67. The maximum atomic E-state index is 7.28. The van der Waals surface area contributed by atoms with Crippen LogP contribution in [-0.4, -0.2) is 20.6 Å². The molecule has 76 valence electrons. The number of benzene rings is 1. The Labute approximate surface area is 91.0 Å². The predicted molar refractivity (Wildman–Crippen MR) is 57.4 cm³/mol. The lowest BCUT2D eigenvalue weighted by molar-refractivity contribution is 0.879. The molecule has 1 aromatic carbocycles. The minimum absolute atomic E-state index is 0.0508. The van der Waals surface area contributed by atoms with E-state index in [1.54, 1.807) is 29.2 Å². The Bertz CT molecular complexity index is 491. The van der Waals surface area contributed by atoms with Gasteiger partial charge in [0.2, 0.25) is 0 Å². The molecule has 0 aliphatic rings. The smallest absolute Gasteiger partial charge is 0.138 e. The number of rotatable bonds is 2. The van der Waals surface area contributed by atoms with E-state index in [9.17, 15) is 0 Å². The van der Waals surface area contributed by atoms with Gasteiger partial charge in [-0.05, 0) is 18.2 Å². The Balaban J connectivity index is 2.47. The topological polar surface area (TPSA) is 80.6 Å². The Kier molecular flexibility index (Phi) is 2.39. The van der Waals surface area contributed by atoms with Crippen molar-refractivity contribution in [1.29, 1.82) is 5.41 Å². The van der Waals surface area contributed by atoms with E-state index in [0.29, 0.717) is 10.6 Å². The molecule has 0 aliphatic carbocycles. The molecule has 0 saturated carbocycles. The number of nitrogens with one attached hydrogen (secondary N) is 1. The number of hydrogen-bond donors (Lipinski definition) is 2. The van der Waals surface area contributed by atoms with Gasteiger partial charge in [-0.2, -0.15) is 5.10 Å². The van der Waals surface area contributed by atoms with Crippen LogP contribution in [0, 0.1) is 5.41 Å². The zero-order chi connectivity index (χ0) is 10.8. The first-order valence-electron chi connectivity index (χ1n) is 4.17. The fourth-order valence-corrected chi connectivity index (χ4v) is 1.48. The maximum Gasteiger partial charge on any atom is 0.138 e. The summed E-state index contributed by atoms with van der Waals surface area (Å²) in [6, 6.07) is 5.14. The summed E-state index contributed by atoms with van der Waals surface area (Å²) in [6.45, 7) is 0. The van der Waals surface area contributed by atoms with Gasteiger partial charge in [-0.25, -0.2) is 9.67 Å². The molecular weight excluding hydrogens is 214 g/mol. The first-order chi connectivity index (χ1) is 7.18. The van der Waals surface area contributed by atoms with Crippen LogP contribution in [0.25, 0.3) is 5.69 Å². The second-order valence-electron chi connectivity index (χ2n) is 2.92. The normalized spacial score (nSPS) is 10.2. The summed E-state index contributed by atoms with van der Waals surface area (Å²) >= 11 is 5.96. The van der Waals surface area contributed by atoms with Gasteiger partial charge in [0.1, 0.15) is 18.5 Å². The molecule has 0 spiro atoms. The third kappa shape index (κ3) is 1.82. The molecule has 0 bridgehead atoms. The molecule has 0 amide bonds. The average Bonchev–Trinajstić information content (AvgIpc) is 2.69. The second-order valence-corrected chi connectivity index (χ2v) is 3.33. The Hall–Kier alpha value is -1.88. The van der Waals surface area contributed by atoms with Crippen molar-refractivity contribution < 1.29 is 0 Å². The maximum absolute atomic E-state index is 7.28. The molecule has 15 heavy (non-hydrogen) atoms. The number of nitrogens with two attached hydrogens (primary N) is 1. The number of hydrogen-bond acceptors (Lipinski definition) is 3. The zero-order valence-electron chi connectivity index (χ0n) is 7.68. The summed E-state index contributed by atoms with van der Waals surface area (Å²) in [5.41, 5.74) is 6.64. The number of nitrogens with zero attached hydrogens (tertiary/aromatic N) is 3. The van der Waals surface area contributed by atoms with Crippen molar-refractivity contribution in [1.82, 2.24) is 14.8 Å². The first-order valence-corrected chi connectivity index (χ1v) is 4.55. The lowest BCUT2D eigenvalue weighted by atomic mass is 10.2. The molecule has 0 atom stereocenters. The number of amidine groups is 1. The fraction of sp³-hybridized carbons (Fsp3) is 0. The molecule has 0 unspecified atom stereocenters. The van der Waals surface area contributed by atoms with Crippen LogP contribution in [-0.2, 0) is 0 Å². The van der Waals surface area contributed by atoms with E-state index in [2.05, 4.69) is 10.1 Å². The Morgan fingerprint density at radius 2 is 2.27 bits per heavy atom. The van der Waals surface area contributed by atoms with Crippen LogP contribution in [0.4, 0.5) is 0 Å². The van der Waals surface area contributed by atoms with Crippen molar-refractivity contribution >= 4 is 17.4 Å². The second kappa shape index (κ2) is 3.70. The van der Waals surface area contributed by atoms with Gasteiger partial charge in [-0.15, -0.1) is 0 Å². The van der Waals surface area contributed by atoms with E-state index in [0.717, 1.165) is 5.69 Å². The highest BCUT2D eigenvalue weighted by Gasteiger charge is 2.05. The van der Waals surface area contributed by atoms with E-state index in [1.807, 2.05) is 0 Å². The van der Waals surface area contributed by atoms with Crippen LogP contribution in [0.15, 0.2) is 30.9 Å². The van der Waals surface area contributed by atoms with Crippen LogP contribution in [0.5, 0.6) is 0 Å². The molecule has 6 heteroatoms. The minimum atomic E-state index is -0.0508. The molecule has 1 aromatic heterocycles. The van der Waals surface area contributed by atoms with Crippen LogP contribution in [0.1, 0.15) is 5.56 Å². The summed E-state index contributed by atoms with van der Waals surface area (Å²) in [7, 11) is 0. The third-order valence-electron chi connectivity index (χ3n) is 1.93. The van der Waals surface area contributed by atoms with Gasteiger partial charge in [-0.1, -0.05) is 11.6 Å². The van der Waals surface area contributed by atoms with Crippen molar-refractivity contribution in [2.24, 2.45) is 5.73 Å². The van der Waals surface area contributed by atoms with Crippen LogP contribution in [0.3, 0.4) is 0 Å². The molecule has 3 N–H and O–H groups in total. The summed E-state index contributed by atoms with van der Waals surface area (Å²) in [4.78, 5) is 3.83. The van der Waals surface area contributed by atoms with Crippen molar-refractivity contribution in [3.05, 3.63) is 41.4 Å². The molecule has 2 aromatic rings. The van der Waals surface area contributed by atoms with E-state index < -0.39 is 0 Å². The highest BCUT2D eigenvalue weighted by Crippen LogP contribution is 2.19. The largest absolute Gasteiger partial charge is 0.384 e. The molecule has 0 aliphatic heterocycles. The van der Waals surface area contributed by atoms with E-state index in [4.69, 9.17) is 22.7 Å². The molecular formula is C9H8ClN5. The number of aromatic nitrogens is 3. The standard InChI is InChI=1S/C9H8ClN5/c10-8-3-6(15-5-13-4-14-15)1-2-7(8)9(11)12/h1-5H,(H3,11,12). The molecule has 0 radical (unpaired) electrons. The van der Waals surface area contributed by atoms with Gasteiger partial charge in [0.15, 0.2) is 0 Å². The fourth-order valence-electron chi connectivity index (χ4n) is 1.21. The van der Waals surface area contributed by atoms with Gasteiger partial charge >= 0.3 is 0 Å². The van der Waals surface area contributed by atoms with Gasteiger partial charge in [0.05, 0.1) is 10.7 Å². The Morgan fingerprint density at radius 3 is 2.80 bits per heavy atom. The molecule has 1 heterocycles. The number of halogens is 1. The summed E-state index contributed by atoms with van der Waals surface area (Å²) in [6.07, 6.45) is 3.01. The predicted octanol–water partition coefficient (Wildman–Crippen LogP) is 1.20. The van der Waals surface area contributed by atoms with Gasteiger partial charge in [0.25, 0.3) is 0 Å². The van der Waals surface area contributed by atoms with E-state index in [-0.39, 0.29) is 5.84 Å². The zero-order valence-corrected chi connectivity index (χ0v) is 8.44. The lowest BCUT2D eigenvalue weighted by Crippen LogP contribution is -2.11. The molecule has 2 rings (SSSR count). The molecule has 5 nitrogen and oxygen atoms in total. The van der Waals surface area contributed by atoms with E-state index in [1.165, 1.54) is 6.33 Å². The van der Waals surface area contributed by atoms with E-state index >= 15 is 0 Å². The molecule has 0 saturated heterocycles. The average molecular weight is 222 g/mol. The van der Waals surface area contributed by atoms with Crippen molar-refractivity contribution in [2.45, 2.75) is 0 Å². The lowest BCUT2D eigenvalue weighted by Gasteiger charge is -2.05. The quantitative estimate of drug-likeness (QED) is 0.591. The van der Waals surface area contributed by atoms with Gasteiger partial charge in [-0.3, -0.25) is 5.41 Å². The Morgan fingerprint density at radius 1 is 1.47 bits per heavy atom. The van der Waals surface area contributed by atoms with Gasteiger partial charge in [0, 0.05) is 5.56 Å². The van der Waals surface area contributed by atoms with Crippen molar-refractivity contribution in [2.75, 3.05) is 0 Å². The highest BCUT2D eigenvalue weighted by molar-refractivity contribution is 6.34. The van der Waals surface area contributed by atoms with Crippen molar-refractivity contribution in [3.63, 3.8) is 0 Å². The summed E-state index contributed by atoms with van der Waals surface area (Å²) in [5, 5.41) is 11.7. The summed E-state index contributed by atoms with van der Waals surface area (Å²) < 4.78 is 1.58. The SMILES string of the molecule is N=C(N)c1ccc(-n2cncn2)cc1Cl. The summed E-state index contributed by atoms with van der Waals surface area (Å²) in [5.74, 6) is -0.0508. The van der Waals surface area contributed by atoms with Crippen LogP contribution < -0.4 is 5.73 Å². The minimum Gasteiger partial charge on any atom is -0.384 e. The number of nitrogen functional groups attached to an aromatic ring is 1. The van der Waals surface area contributed by atoms with Crippen LogP contribution >= 0.6 is 11.6 Å². The van der Waals surface area contributed by atoms with Crippen LogP contribution in [0.2, 0.25) is 5.02 Å². The highest BCUT2D eigenvalue weighted by atomic mass is 35.5.